The molecular weight excluding hydrogens is 414 g/mol. The average Bonchev–Trinajstić information content (AvgIpc) is 2.70. The predicted octanol–water partition coefficient (Wildman–Crippen LogP) is 3.48. The number of aromatic nitrogens is 1. The number of rotatable bonds is 7. The van der Waals surface area contributed by atoms with E-state index in [4.69, 9.17) is 0 Å². The molecule has 0 aliphatic rings. The molecule has 31 heavy (non-hydrogen) atoms. The smallest absolute Gasteiger partial charge is 0.248 e. The van der Waals surface area contributed by atoms with Crippen LogP contribution < -0.4 is 15.6 Å². The van der Waals surface area contributed by atoms with E-state index in [0.717, 1.165) is 11.1 Å². The van der Waals surface area contributed by atoms with Crippen LogP contribution in [0.4, 0.5) is 5.69 Å². The van der Waals surface area contributed by atoms with Crippen molar-refractivity contribution in [2.24, 2.45) is 5.92 Å². The number of aromatic amines is 1. The third kappa shape index (κ3) is 5.39. The number of carbonyl (C=O) groups excluding carboxylic acids is 1. The zero-order valence-corrected chi connectivity index (χ0v) is 18.8. The van der Waals surface area contributed by atoms with Gasteiger partial charge in [0.15, 0.2) is 0 Å². The third-order valence-corrected chi connectivity index (χ3v) is 6.66. The fourth-order valence-corrected chi connectivity index (χ4v) is 4.58. The van der Waals surface area contributed by atoms with Crippen LogP contribution in [-0.4, -0.2) is 25.4 Å². The van der Waals surface area contributed by atoms with E-state index in [9.17, 15) is 18.0 Å². The van der Waals surface area contributed by atoms with E-state index in [1.54, 1.807) is 18.2 Å². The quantitative estimate of drug-likeness (QED) is 0.522. The van der Waals surface area contributed by atoms with E-state index in [0.29, 0.717) is 23.0 Å². The topological polar surface area (TPSA) is 108 Å². The maximum atomic E-state index is 13.0. The number of H-pyrrole nitrogens is 1. The van der Waals surface area contributed by atoms with Crippen LogP contribution in [0.25, 0.3) is 10.9 Å². The molecule has 1 heterocycles. The van der Waals surface area contributed by atoms with Crippen LogP contribution >= 0.6 is 0 Å². The number of sulfonamides is 1. The van der Waals surface area contributed by atoms with Crippen molar-refractivity contribution in [1.82, 2.24) is 9.71 Å². The van der Waals surface area contributed by atoms with Crippen LogP contribution in [0.5, 0.6) is 0 Å². The number of aryl methyl sites for hydroxylation is 1. The molecule has 0 radical (unpaired) electrons. The lowest BCUT2D eigenvalue weighted by molar-refractivity contribution is -0.118. The zero-order valence-electron chi connectivity index (χ0n) is 18.0. The summed E-state index contributed by atoms with van der Waals surface area (Å²) >= 11 is 0. The highest BCUT2D eigenvalue weighted by atomic mass is 32.2. The molecule has 1 amide bonds. The molecule has 1 atom stereocenters. The molecule has 3 rings (SSSR count). The lowest BCUT2D eigenvalue weighted by Crippen LogP contribution is -2.44. The van der Waals surface area contributed by atoms with Crippen LogP contribution in [-0.2, 0) is 14.8 Å². The van der Waals surface area contributed by atoms with Crippen molar-refractivity contribution in [3.05, 3.63) is 70.0 Å². The summed E-state index contributed by atoms with van der Waals surface area (Å²) in [6.07, 6.45) is 0.344. The van der Waals surface area contributed by atoms with Gasteiger partial charge in [0.2, 0.25) is 21.5 Å². The number of nitrogens with one attached hydrogen (secondary N) is 3. The lowest BCUT2D eigenvalue weighted by atomic mass is 10.0. The van der Waals surface area contributed by atoms with Crippen LogP contribution in [0.1, 0.15) is 31.4 Å². The molecule has 3 aromatic rings. The van der Waals surface area contributed by atoms with E-state index < -0.39 is 22.0 Å². The molecule has 1 aromatic heterocycles. The Bertz CT molecular complexity index is 1280. The number of anilines is 1. The van der Waals surface area contributed by atoms with Crippen molar-refractivity contribution >= 4 is 32.5 Å². The summed E-state index contributed by atoms with van der Waals surface area (Å²) in [5.74, 6) is -0.310. The van der Waals surface area contributed by atoms with Gasteiger partial charge in [-0.2, -0.15) is 4.72 Å². The van der Waals surface area contributed by atoms with Gasteiger partial charge in [-0.3, -0.25) is 9.59 Å². The normalized spacial score (nSPS) is 12.8. The van der Waals surface area contributed by atoms with Crippen molar-refractivity contribution in [3.63, 3.8) is 0 Å². The van der Waals surface area contributed by atoms with Crippen molar-refractivity contribution < 1.29 is 13.2 Å². The molecule has 8 heteroatoms. The summed E-state index contributed by atoms with van der Waals surface area (Å²) < 4.78 is 28.7. The van der Waals surface area contributed by atoms with Gasteiger partial charge in [-0.25, -0.2) is 8.42 Å². The van der Waals surface area contributed by atoms with Crippen molar-refractivity contribution in [2.45, 2.75) is 45.1 Å². The number of hydrogen-bond acceptors (Lipinski definition) is 4. The maximum Gasteiger partial charge on any atom is 0.248 e. The average molecular weight is 442 g/mol. The van der Waals surface area contributed by atoms with Crippen molar-refractivity contribution in [1.29, 1.82) is 0 Å². The molecule has 0 aliphatic heterocycles. The van der Waals surface area contributed by atoms with Gasteiger partial charge in [0.1, 0.15) is 6.04 Å². The molecule has 0 saturated carbocycles. The van der Waals surface area contributed by atoms with Gasteiger partial charge in [0.25, 0.3) is 0 Å². The number of pyridine rings is 1. The van der Waals surface area contributed by atoms with Gasteiger partial charge >= 0.3 is 0 Å². The Morgan fingerprint density at radius 1 is 1.06 bits per heavy atom. The summed E-state index contributed by atoms with van der Waals surface area (Å²) in [5.41, 5.74) is 2.91. The SMILES string of the molecule is Cc1cccc(NC(=O)[C@H](CC(C)C)NS(=O)(=O)c2ccc3[nH]c(=O)ccc3c2)c1C. The highest BCUT2D eigenvalue weighted by molar-refractivity contribution is 7.89. The minimum absolute atomic E-state index is 0.0281. The van der Waals surface area contributed by atoms with Gasteiger partial charge in [0.05, 0.1) is 4.90 Å². The minimum Gasteiger partial charge on any atom is -0.324 e. The van der Waals surface area contributed by atoms with Crippen molar-refractivity contribution in [3.8, 4) is 0 Å². The lowest BCUT2D eigenvalue weighted by Gasteiger charge is -2.21. The molecule has 0 unspecified atom stereocenters. The zero-order chi connectivity index (χ0) is 22.8. The highest BCUT2D eigenvalue weighted by Gasteiger charge is 2.27. The highest BCUT2D eigenvalue weighted by Crippen LogP contribution is 2.21. The van der Waals surface area contributed by atoms with Gasteiger partial charge < -0.3 is 10.3 Å². The summed E-state index contributed by atoms with van der Waals surface area (Å²) in [6.45, 7) is 7.72. The second-order valence-electron chi connectivity index (χ2n) is 8.11. The monoisotopic (exact) mass is 441 g/mol. The summed E-state index contributed by atoms with van der Waals surface area (Å²) in [7, 11) is -3.97. The third-order valence-electron chi connectivity index (χ3n) is 5.19. The van der Waals surface area contributed by atoms with E-state index in [-0.39, 0.29) is 16.4 Å². The predicted molar refractivity (Wildman–Crippen MR) is 123 cm³/mol. The van der Waals surface area contributed by atoms with Crippen LogP contribution in [0.2, 0.25) is 0 Å². The van der Waals surface area contributed by atoms with Gasteiger partial charge in [-0.05, 0) is 73.0 Å². The minimum atomic E-state index is -3.97. The Morgan fingerprint density at radius 2 is 1.81 bits per heavy atom. The molecule has 7 nitrogen and oxygen atoms in total. The van der Waals surface area contributed by atoms with Crippen LogP contribution in [0.3, 0.4) is 0 Å². The number of carbonyl (C=O) groups is 1. The molecule has 0 saturated heterocycles. The van der Waals surface area contributed by atoms with Gasteiger partial charge in [-0.15, -0.1) is 0 Å². The van der Waals surface area contributed by atoms with Crippen molar-refractivity contribution in [2.75, 3.05) is 5.32 Å². The second kappa shape index (κ2) is 9.03. The summed E-state index contributed by atoms with van der Waals surface area (Å²) in [4.78, 5) is 27.1. The fraction of sp³-hybridized carbons (Fsp3) is 0.304. The van der Waals surface area contributed by atoms with E-state index >= 15 is 0 Å². The molecular formula is C23H27N3O4S. The van der Waals surface area contributed by atoms with E-state index in [1.165, 1.54) is 18.2 Å². The largest absolute Gasteiger partial charge is 0.324 e. The Balaban J connectivity index is 1.88. The molecule has 2 aromatic carbocycles. The molecule has 0 aliphatic carbocycles. The first kappa shape index (κ1) is 22.7. The second-order valence-corrected chi connectivity index (χ2v) is 9.83. The molecule has 0 fully saturated rings. The van der Waals surface area contributed by atoms with Crippen LogP contribution in [0, 0.1) is 19.8 Å². The Morgan fingerprint density at radius 3 is 2.52 bits per heavy atom. The number of fused-ring (bicyclic) bond motifs is 1. The number of amides is 1. The maximum absolute atomic E-state index is 13.0. The van der Waals surface area contributed by atoms with E-state index in [1.807, 2.05) is 39.8 Å². The Labute approximate surface area is 181 Å². The first-order chi connectivity index (χ1) is 14.6. The first-order valence-corrected chi connectivity index (χ1v) is 11.6. The standard InChI is InChI=1S/C23H27N3O4S/c1-14(2)12-21(23(28)25-19-7-5-6-15(3)16(19)4)26-31(29,30)18-9-10-20-17(13-18)8-11-22(27)24-20/h5-11,13-14,21,26H,12H2,1-4H3,(H,24,27)(H,25,28)/t21-/m0/s1. The molecule has 0 bridgehead atoms. The summed E-state index contributed by atoms with van der Waals surface area (Å²) in [6, 6.07) is 12.0. The van der Waals surface area contributed by atoms with Gasteiger partial charge in [-0.1, -0.05) is 26.0 Å². The van der Waals surface area contributed by atoms with Crippen LogP contribution in [0.15, 0.2) is 58.2 Å². The number of benzene rings is 2. The van der Waals surface area contributed by atoms with E-state index in [2.05, 4.69) is 15.0 Å². The molecule has 0 spiro atoms. The fourth-order valence-electron chi connectivity index (χ4n) is 3.34. The number of hydrogen-bond donors (Lipinski definition) is 3. The summed E-state index contributed by atoms with van der Waals surface area (Å²) in [5, 5.41) is 3.45. The first-order valence-electron chi connectivity index (χ1n) is 10.1. The Hall–Kier alpha value is -2.97. The Kier molecular flexibility index (Phi) is 6.62. The molecule has 3 N–H and O–H groups in total. The molecule has 164 valence electrons. The van der Waals surface area contributed by atoms with Gasteiger partial charge in [0, 0.05) is 17.3 Å².